The molecule has 0 atom stereocenters. The molecule has 0 unspecified atom stereocenters. The van der Waals surface area contributed by atoms with Crippen molar-refractivity contribution in [1.29, 1.82) is 0 Å². The molecule has 0 aliphatic rings. The SMILES string of the molecule is CCOC(=O)c1ccc(-c2cccc(C(=O)O)c2)cc1F. The van der Waals surface area contributed by atoms with Crippen LogP contribution in [0.2, 0.25) is 0 Å². The van der Waals surface area contributed by atoms with E-state index in [-0.39, 0.29) is 17.7 Å². The van der Waals surface area contributed by atoms with Crippen LogP contribution in [0.15, 0.2) is 42.5 Å². The Morgan fingerprint density at radius 3 is 2.48 bits per heavy atom. The van der Waals surface area contributed by atoms with Gasteiger partial charge in [-0.2, -0.15) is 0 Å². The molecule has 108 valence electrons. The fourth-order valence-corrected chi connectivity index (χ4v) is 1.90. The quantitative estimate of drug-likeness (QED) is 0.876. The highest BCUT2D eigenvalue weighted by Crippen LogP contribution is 2.23. The second-order valence-corrected chi connectivity index (χ2v) is 4.30. The van der Waals surface area contributed by atoms with E-state index in [9.17, 15) is 14.0 Å². The van der Waals surface area contributed by atoms with Gasteiger partial charge >= 0.3 is 11.9 Å². The van der Waals surface area contributed by atoms with Crippen molar-refractivity contribution >= 4 is 11.9 Å². The van der Waals surface area contributed by atoms with Crippen LogP contribution >= 0.6 is 0 Å². The van der Waals surface area contributed by atoms with Gasteiger partial charge in [-0.1, -0.05) is 18.2 Å². The molecule has 0 radical (unpaired) electrons. The summed E-state index contributed by atoms with van der Waals surface area (Å²) in [6.07, 6.45) is 0. The smallest absolute Gasteiger partial charge is 0.341 e. The van der Waals surface area contributed by atoms with Crippen LogP contribution < -0.4 is 0 Å². The van der Waals surface area contributed by atoms with Gasteiger partial charge in [0.25, 0.3) is 0 Å². The normalized spacial score (nSPS) is 10.2. The van der Waals surface area contributed by atoms with Crippen LogP contribution in [0.5, 0.6) is 0 Å². The minimum Gasteiger partial charge on any atom is -0.478 e. The number of carboxylic acids is 1. The Morgan fingerprint density at radius 1 is 1.14 bits per heavy atom. The summed E-state index contributed by atoms with van der Waals surface area (Å²) in [5, 5.41) is 8.95. The van der Waals surface area contributed by atoms with E-state index in [4.69, 9.17) is 9.84 Å². The van der Waals surface area contributed by atoms with Gasteiger partial charge in [-0.3, -0.25) is 0 Å². The summed E-state index contributed by atoms with van der Waals surface area (Å²) in [4.78, 5) is 22.4. The Balaban J connectivity index is 2.38. The third kappa shape index (κ3) is 3.25. The molecule has 0 aliphatic carbocycles. The predicted octanol–water partition coefficient (Wildman–Crippen LogP) is 3.37. The molecule has 0 bridgehead atoms. The monoisotopic (exact) mass is 288 g/mol. The first-order valence-electron chi connectivity index (χ1n) is 6.33. The van der Waals surface area contributed by atoms with Crippen molar-refractivity contribution in [2.75, 3.05) is 6.61 Å². The van der Waals surface area contributed by atoms with E-state index in [0.717, 1.165) is 0 Å². The van der Waals surface area contributed by atoms with Gasteiger partial charge in [-0.05, 0) is 42.3 Å². The van der Waals surface area contributed by atoms with Crippen LogP contribution in [0, 0.1) is 5.82 Å². The Kier molecular flexibility index (Phi) is 4.33. The second kappa shape index (κ2) is 6.17. The van der Waals surface area contributed by atoms with Crippen LogP contribution in [0.1, 0.15) is 27.6 Å². The molecule has 2 aromatic carbocycles. The molecule has 2 rings (SSSR count). The fourth-order valence-electron chi connectivity index (χ4n) is 1.90. The molecule has 0 amide bonds. The van der Waals surface area contributed by atoms with Crippen LogP contribution in [0.25, 0.3) is 11.1 Å². The first kappa shape index (κ1) is 14.7. The lowest BCUT2D eigenvalue weighted by atomic mass is 10.0. The molecule has 1 N–H and O–H groups in total. The van der Waals surface area contributed by atoms with Crippen molar-refractivity contribution in [3.05, 3.63) is 59.4 Å². The molecule has 0 fully saturated rings. The van der Waals surface area contributed by atoms with E-state index in [1.165, 1.54) is 24.3 Å². The van der Waals surface area contributed by atoms with Gasteiger partial charge in [0.05, 0.1) is 17.7 Å². The maximum absolute atomic E-state index is 14.0. The van der Waals surface area contributed by atoms with Gasteiger partial charge in [0, 0.05) is 0 Å². The summed E-state index contributed by atoms with van der Waals surface area (Å²) >= 11 is 0. The Labute approximate surface area is 120 Å². The zero-order chi connectivity index (χ0) is 15.4. The van der Waals surface area contributed by atoms with Crippen molar-refractivity contribution in [2.45, 2.75) is 6.92 Å². The van der Waals surface area contributed by atoms with Crippen LogP contribution in [0.3, 0.4) is 0 Å². The fraction of sp³-hybridized carbons (Fsp3) is 0.125. The lowest BCUT2D eigenvalue weighted by Gasteiger charge is -2.07. The number of carbonyl (C=O) groups excluding carboxylic acids is 1. The van der Waals surface area contributed by atoms with Gasteiger partial charge in [0.1, 0.15) is 5.82 Å². The lowest BCUT2D eigenvalue weighted by molar-refractivity contribution is 0.0520. The highest BCUT2D eigenvalue weighted by atomic mass is 19.1. The maximum Gasteiger partial charge on any atom is 0.341 e. The number of esters is 1. The van der Waals surface area contributed by atoms with Crippen LogP contribution in [-0.4, -0.2) is 23.7 Å². The number of aromatic carboxylic acids is 1. The van der Waals surface area contributed by atoms with E-state index in [1.807, 2.05) is 0 Å². The summed E-state index contributed by atoms with van der Waals surface area (Å²) < 4.78 is 18.7. The number of halogens is 1. The van der Waals surface area contributed by atoms with Crippen molar-refractivity contribution in [3.8, 4) is 11.1 Å². The molecule has 21 heavy (non-hydrogen) atoms. The van der Waals surface area contributed by atoms with Crippen molar-refractivity contribution in [3.63, 3.8) is 0 Å². The number of benzene rings is 2. The average molecular weight is 288 g/mol. The second-order valence-electron chi connectivity index (χ2n) is 4.30. The third-order valence-electron chi connectivity index (χ3n) is 2.91. The van der Waals surface area contributed by atoms with E-state index >= 15 is 0 Å². The van der Waals surface area contributed by atoms with E-state index < -0.39 is 17.8 Å². The molecule has 4 nitrogen and oxygen atoms in total. The zero-order valence-electron chi connectivity index (χ0n) is 11.3. The summed E-state index contributed by atoms with van der Waals surface area (Å²) in [7, 11) is 0. The number of carbonyl (C=O) groups is 2. The van der Waals surface area contributed by atoms with E-state index in [0.29, 0.717) is 11.1 Å². The first-order valence-corrected chi connectivity index (χ1v) is 6.33. The van der Waals surface area contributed by atoms with Crippen molar-refractivity contribution in [1.82, 2.24) is 0 Å². The Morgan fingerprint density at radius 2 is 1.86 bits per heavy atom. The largest absolute Gasteiger partial charge is 0.478 e. The number of ether oxygens (including phenoxy) is 1. The van der Waals surface area contributed by atoms with Gasteiger partial charge in [0.2, 0.25) is 0 Å². The summed E-state index contributed by atoms with van der Waals surface area (Å²) in [6, 6.07) is 10.2. The minimum absolute atomic E-state index is 0.113. The Hall–Kier alpha value is -2.69. The van der Waals surface area contributed by atoms with Gasteiger partial charge in [0.15, 0.2) is 0 Å². The number of hydrogen-bond acceptors (Lipinski definition) is 3. The lowest BCUT2D eigenvalue weighted by Crippen LogP contribution is -2.07. The molecule has 0 spiro atoms. The molecule has 0 saturated carbocycles. The molecular formula is C16H13FO4. The standard InChI is InChI=1S/C16H13FO4/c1-2-21-16(20)13-7-6-11(9-14(13)17)10-4-3-5-12(8-10)15(18)19/h3-9H,2H2,1H3,(H,18,19). The van der Waals surface area contributed by atoms with Crippen LogP contribution in [0.4, 0.5) is 4.39 Å². The minimum atomic E-state index is -1.06. The molecule has 0 heterocycles. The molecule has 0 aliphatic heterocycles. The number of rotatable bonds is 4. The van der Waals surface area contributed by atoms with Crippen molar-refractivity contribution in [2.24, 2.45) is 0 Å². The Bertz CT molecular complexity index is 694. The third-order valence-corrected chi connectivity index (χ3v) is 2.91. The summed E-state index contributed by atoms with van der Waals surface area (Å²) in [5.74, 6) is -2.48. The molecule has 0 aromatic heterocycles. The van der Waals surface area contributed by atoms with Crippen molar-refractivity contribution < 1.29 is 23.8 Å². The topological polar surface area (TPSA) is 63.6 Å². The van der Waals surface area contributed by atoms with Crippen LogP contribution in [-0.2, 0) is 4.74 Å². The van der Waals surface area contributed by atoms with Gasteiger partial charge in [-0.25, -0.2) is 14.0 Å². The van der Waals surface area contributed by atoms with E-state index in [1.54, 1.807) is 25.1 Å². The average Bonchev–Trinajstić information content (AvgIpc) is 2.47. The zero-order valence-corrected chi connectivity index (χ0v) is 11.3. The highest BCUT2D eigenvalue weighted by Gasteiger charge is 2.14. The molecule has 5 heteroatoms. The van der Waals surface area contributed by atoms with Gasteiger partial charge in [-0.15, -0.1) is 0 Å². The summed E-state index contributed by atoms with van der Waals surface area (Å²) in [6.45, 7) is 1.81. The number of carboxylic acid groups (broad SMARTS) is 1. The predicted molar refractivity (Wildman–Crippen MR) is 74.8 cm³/mol. The highest BCUT2D eigenvalue weighted by molar-refractivity contribution is 5.91. The van der Waals surface area contributed by atoms with E-state index in [2.05, 4.69) is 0 Å². The molecule has 2 aromatic rings. The number of hydrogen-bond donors (Lipinski definition) is 1. The first-order chi connectivity index (χ1) is 10.0. The maximum atomic E-state index is 14.0. The summed E-state index contributed by atoms with van der Waals surface area (Å²) in [5.41, 5.74) is 1.02. The van der Waals surface area contributed by atoms with Gasteiger partial charge < -0.3 is 9.84 Å². The molecular weight excluding hydrogens is 275 g/mol. The molecule has 0 saturated heterocycles.